The first-order valence-electron chi connectivity index (χ1n) is 5.24. The van der Waals surface area contributed by atoms with Crippen LogP contribution in [-0.2, 0) is 19.2 Å². The molecule has 17 heavy (non-hydrogen) atoms. The Labute approximate surface area is 98.3 Å². The first-order valence-corrected chi connectivity index (χ1v) is 5.24. The van der Waals surface area contributed by atoms with Crippen molar-refractivity contribution >= 4 is 23.6 Å². The topological polar surface area (TPSA) is 110 Å². The average Bonchev–Trinajstić information content (AvgIpc) is 2.49. The highest BCUT2D eigenvalue weighted by Gasteiger charge is 2.43. The van der Waals surface area contributed by atoms with Gasteiger partial charge >= 0.3 is 0 Å². The fraction of sp³-hybridized carbons (Fsp3) is 0.600. The Balaban J connectivity index is 2.97. The van der Waals surface area contributed by atoms with E-state index in [2.05, 4.69) is 5.32 Å². The van der Waals surface area contributed by atoms with Crippen LogP contribution in [0.3, 0.4) is 0 Å². The van der Waals surface area contributed by atoms with E-state index in [-0.39, 0.29) is 12.8 Å². The minimum atomic E-state index is -1.14. The van der Waals surface area contributed by atoms with Gasteiger partial charge in [-0.05, 0) is 0 Å². The minimum absolute atomic E-state index is 0.0606. The Bertz CT molecular complexity index is 380. The van der Waals surface area contributed by atoms with Gasteiger partial charge in [0.15, 0.2) is 0 Å². The Morgan fingerprint density at radius 1 is 1.53 bits per heavy atom. The molecule has 7 nitrogen and oxygen atoms in total. The SMILES string of the molecule is CNC(=O)C(CC(N)=O)N1C(=O)CC(C)C1=O. The lowest BCUT2D eigenvalue weighted by Crippen LogP contribution is -2.50. The summed E-state index contributed by atoms with van der Waals surface area (Å²) in [4.78, 5) is 46.6. The van der Waals surface area contributed by atoms with Gasteiger partial charge < -0.3 is 11.1 Å². The number of hydrogen-bond donors (Lipinski definition) is 2. The highest BCUT2D eigenvalue weighted by atomic mass is 16.2. The lowest BCUT2D eigenvalue weighted by Gasteiger charge is -2.23. The maximum Gasteiger partial charge on any atom is 0.243 e. The van der Waals surface area contributed by atoms with E-state index in [1.165, 1.54) is 7.05 Å². The lowest BCUT2D eigenvalue weighted by molar-refractivity contribution is -0.148. The Morgan fingerprint density at radius 3 is 2.47 bits per heavy atom. The lowest BCUT2D eigenvalue weighted by atomic mass is 10.1. The van der Waals surface area contributed by atoms with Gasteiger partial charge in [-0.1, -0.05) is 6.92 Å². The highest BCUT2D eigenvalue weighted by Crippen LogP contribution is 2.22. The third-order valence-corrected chi connectivity index (χ3v) is 2.66. The van der Waals surface area contributed by atoms with Gasteiger partial charge in [0.25, 0.3) is 0 Å². The van der Waals surface area contributed by atoms with Gasteiger partial charge in [-0.15, -0.1) is 0 Å². The summed E-state index contributed by atoms with van der Waals surface area (Å²) in [7, 11) is 1.37. The van der Waals surface area contributed by atoms with E-state index in [1.807, 2.05) is 0 Å². The van der Waals surface area contributed by atoms with Gasteiger partial charge in [-0.25, -0.2) is 0 Å². The number of carbonyl (C=O) groups is 4. The summed E-state index contributed by atoms with van der Waals surface area (Å²) in [5, 5.41) is 2.31. The molecule has 0 saturated carbocycles. The summed E-state index contributed by atoms with van der Waals surface area (Å²) in [6, 6.07) is -1.14. The number of primary amides is 1. The van der Waals surface area contributed by atoms with Crippen LogP contribution >= 0.6 is 0 Å². The average molecular weight is 241 g/mol. The van der Waals surface area contributed by atoms with Crippen LogP contribution in [0.25, 0.3) is 0 Å². The van der Waals surface area contributed by atoms with E-state index in [9.17, 15) is 19.2 Å². The molecule has 1 aliphatic rings. The molecule has 0 aromatic carbocycles. The zero-order chi connectivity index (χ0) is 13.2. The third kappa shape index (κ3) is 2.61. The van der Waals surface area contributed by atoms with Crippen molar-refractivity contribution in [1.29, 1.82) is 0 Å². The Hall–Kier alpha value is -1.92. The van der Waals surface area contributed by atoms with Crippen molar-refractivity contribution in [2.75, 3.05) is 7.05 Å². The number of hydrogen-bond acceptors (Lipinski definition) is 4. The molecule has 1 rings (SSSR count). The first kappa shape index (κ1) is 13.1. The number of carbonyl (C=O) groups excluding carboxylic acids is 4. The van der Waals surface area contributed by atoms with Crippen molar-refractivity contribution in [3.63, 3.8) is 0 Å². The molecule has 0 radical (unpaired) electrons. The summed E-state index contributed by atoms with van der Waals surface area (Å²) in [6.45, 7) is 1.60. The molecule has 4 amide bonds. The number of nitrogens with one attached hydrogen (secondary N) is 1. The van der Waals surface area contributed by atoms with Crippen molar-refractivity contribution < 1.29 is 19.2 Å². The molecule has 1 heterocycles. The van der Waals surface area contributed by atoms with Crippen LogP contribution in [0.15, 0.2) is 0 Å². The van der Waals surface area contributed by atoms with Gasteiger partial charge in [0.05, 0.1) is 6.42 Å². The number of rotatable bonds is 4. The fourth-order valence-electron chi connectivity index (χ4n) is 1.79. The van der Waals surface area contributed by atoms with Crippen LogP contribution in [-0.4, -0.2) is 41.6 Å². The number of likely N-dealkylation sites (N-methyl/N-ethyl adjacent to an activating group) is 1. The fourth-order valence-corrected chi connectivity index (χ4v) is 1.79. The largest absolute Gasteiger partial charge is 0.370 e. The van der Waals surface area contributed by atoms with Gasteiger partial charge in [-0.3, -0.25) is 24.1 Å². The van der Waals surface area contributed by atoms with Crippen LogP contribution < -0.4 is 11.1 Å². The number of imide groups is 1. The molecule has 3 N–H and O–H groups in total. The molecule has 1 aliphatic heterocycles. The monoisotopic (exact) mass is 241 g/mol. The smallest absolute Gasteiger partial charge is 0.243 e. The summed E-state index contributed by atoms with van der Waals surface area (Å²) in [5.74, 6) is -2.65. The van der Waals surface area contributed by atoms with E-state index < -0.39 is 35.6 Å². The Morgan fingerprint density at radius 2 is 2.12 bits per heavy atom. The summed E-state index contributed by atoms with van der Waals surface area (Å²) >= 11 is 0. The molecule has 7 heteroatoms. The zero-order valence-corrected chi connectivity index (χ0v) is 9.73. The predicted octanol–water partition coefficient (Wildman–Crippen LogP) is -1.63. The van der Waals surface area contributed by atoms with E-state index in [4.69, 9.17) is 5.73 Å². The van der Waals surface area contributed by atoms with Crippen LogP contribution in [0.4, 0.5) is 0 Å². The van der Waals surface area contributed by atoms with Gasteiger partial charge in [0.2, 0.25) is 23.6 Å². The third-order valence-electron chi connectivity index (χ3n) is 2.66. The van der Waals surface area contributed by atoms with E-state index >= 15 is 0 Å². The van der Waals surface area contributed by atoms with Crippen molar-refractivity contribution in [2.24, 2.45) is 11.7 Å². The maximum absolute atomic E-state index is 11.7. The van der Waals surface area contributed by atoms with Gasteiger partial charge in [0.1, 0.15) is 6.04 Å². The summed E-state index contributed by atoms with van der Waals surface area (Å²) in [5.41, 5.74) is 5.01. The van der Waals surface area contributed by atoms with E-state index in [1.54, 1.807) is 6.92 Å². The summed E-state index contributed by atoms with van der Waals surface area (Å²) in [6.07, 6.45) is -0.297. The second kappa shape index (κ2) is 4.94. The second-order valence-corrected chi connectivity index (χ2v) is 4.01. The van der Waals surface area contributed by atoms with Gasteiger partial charge in [-0.2, -0.15) is 0 Å². The molecule has 0 bridgehead atoms. The number of likely N-dealkylation sites (tertiary alicyclic amines) is 1. The highest BCUT2D eigenvalue weighted by molar-refractivity contribution is 6.07. The molecule has 1 fully saturated rings. The maximum atomic E-state index is 11.7. The molecular weight excluding hydrogens is 226 g/mol. The van der Waals surface area contributed by atoms with Crippen molar-refractivity contribution in [3.05, 3.63) is 0 Å². The predicted molar refractivity (Wildman–Crippen MR) is 57.3 cm³/mol. The van der Waals surface area contributed by atoms with Crippen LogP contribution in [0.2, 0.25) is 0 Å². The molecule has 94 valence electrons. The van der Waals surface area contributed by atoms with E-state index in [0.717, 1.165) is 4.90 Å². The molecule has 0 aromatic heterocycles. The molecule has 0 aliphatic carbocycles. The van der Waals surface area contributed by atoms with Crippen molar-refractivity contribution in [3.8, 4) is 0 Å². The van der Waals surface area contributed by atoms with Crippen LogP contribution in [0.1, 0.15) is 19.8 Å². The molecule has 0 aromatic rings. The number of nitrogens with zero attached hydrogens (tertiary/aromatic N) is 1. The van der Waals surface area contributed by atoms with Crippen molar-refractivity contribution in [1.82, 2.24) is 10.2 Å². The minimum Gasteiger partial charge on any atom is -0.370 e. The van der Waals surface area contributed by atoms with Crippen molar-refractivity contribution in [2.45, 2.75) is 25.8 Å². The zero-order valence-electron chi connectivity index (χ0n) is 9.73. The standard InChI is InChI=1S/C10H15N3O4/c1-5-3-8(15)13(10(5)17)6(4-7(11)14)9(16)12-2/h5-6H,3-4H2,1-2H3,(H2,11,14)(H,12,16). The quantitative estimate of drug-likeness (QED) is 0.576. The number of nitrogens with two attached hydrogens (primary N) is 1. The molecular formula is C10H15N3O4. The second-order valence-electron chi connectivity index (χ2n) is 4.01. The normalized spacial score (nSPS) is 21.5. The molecule has 2 atom stereocenters. The van der Waals surface area contributed by atoms with Gasteiger partial charge in [0, 0.05) is 19.4 Å². The Kier molecular flexibility index (Phi) is 3.82. The molecule has 0 spiro atoms. The first-order chi connectivity index (χ1) is 7.88. The number of amides is 4. The van der Waals surface area contributed by atoms with E-state index in [0.29, 0.717) is 0 Å². The summed E-state index contributed by atoms with van der Waals surface area (Å²) < 4.78 is 0. The van der Waals surface area contributed by atoms with Crippen LogP contribution in [0.5, 0.6) is 0 Å². The molecule has 2 unspecified atom stereocenters. The molecule has 1 saturated heterocycles. The van der Waals surface area contributed by atoms with Crippen LogP contribution in [0, 0.1) is 5.92 Å².